The van der Waals surface area contributed by atoms with E-state index in [0.717, 1.165) is 12.8 Å². The minimum absolute atomic E-state index is 0.171. The van der Waals surface area contributed by atoms with Crippen LogP contribution in [0.25, 0.3) is 16.6 Å². The molecule has 0 spiro atoms. The summed E-state index contributed by atoms with van der Waals surface area (Å²) < 4.78 is 6.97. The third kappa shape index (κ3) is 3.93. The number of fused-ring (bicyclic) bond motifs is 1. The van der Waals surface area contributed by atoms with E-state index in [1.54, 1.807) is 22.8 Å². The summed E-state index contributed by atoms with van der Waals surface area (Å²) in [6.45, 7) is 4.02. The van der Waals surface area contributed by atoms with Crippen molar-refractivity contribution in [3.8, 4) is 5.69 Å². The van der Waals surface area contributed by atoms with Crippen molar-refractivity contribution in [2.75, 3.05) is 0 Å². The van der Waals surface area contributed by atoms with Gasteiger partial charge in [-0.05, 0) is 37.6 Å². The summed E-state index contributed by atoms with van der Waals surface area (Å²) in [5.74, 6) is 1.19. The lowest BCUT2D eigenvalue weighted by Gasteiger charge is -2.15. The first-order valence-corrected chi connectivity index (χ1v) is 10.6. The van der Waals surface area contributed by atoms with Gasteiger partial charge in [0.05, 0.1) is 26.9 Å². The highest BCUT2D eigenvalue weighted by Gasteiger charge is 2.21. The maximum Gasteiger partial charge on any atom is 0.266 e. The molecule has 0 aliphatic rings. The molecular weight excluding hydrogens is 408 g/mol. The van der Waals surface area contributed by atoms with Crippen molar-refractivity contribution in [3.05, 3.63) is 75.6 Å². The summed E-state index contributed by atoms with van der Waals surface area (Å²) in [5.41, 5.74) is 1.05. The van der Waals surface area contributed by atoms with E-state index in [-0.39, 0.29) is 10.8 Å². The van der Waals surface area contributed by atoms with E-state index in [1.807, 2.05) is 37.3 Å². The van der Waals surface area contributed by atoms with Gasteiger partial charge in [0.15, 0.2) is 11.0 Å². The zero-order valence-corrected chi connectivity index (χ0v) is 17.6. The second kappa shape index (κ2) is 8.39. The molecule has 0 N–H and O–H groups in total. The van der Waals surface area contributed by atoms with E-state index in [0.29, 0.717) is 38.5 Å². The average molecular weight is 427 g/mol. The maximum absolute atomic E-state index is 13.3. The van der Waals surface area contributed by atoms with Gasteiger partial charge in [-0.2, -0.15) is 4.98 Å². The molecule has 1 atom stereocenters. The lowest BCUT2D eigenvalue weighted by Crippen LogP contribution is -2.22. The van der Waals surface area contributed by atoms with Gasteiger partial charge < -0.3 is 4.52 Å². The van der Waals surface area contributed by atoms with Crippen molar-refractivity contribution in [2.45, 2.75) is 37.1 Å². The van der Waals surface area contributed by atoms with Gasteiger partial charge in [-0.1, -0.05) is 59.7 Å². The van der Waals surface area contributed by atoms with Crippen LogP contribution in [0.5, 0.6) is 0 Å². The molecule has 0 amide bonds. The summed E-state index contributed by atoms with van der Waals surface area (Å²) in [6.07, 6.45) is 1.71. The number of halogens is 1. The number of nitrogens with zero attached hydrogens (tertiary/aromatic N) is 4. The highest BCUT2D eigenvalue weighted by molar-refractivity contribution is 7.99. The van der Waals surface area contributed by atoms with Crippen LogP contribution in [0.3, 0.4) is 0 Å². The first-order valence-electron chi connectivity index (χ1n) is 9.34. The second-order valence-corrected chi connectivity index (χ2v) is 8.28. The van der Waals surface area contributed by atoms with Crippen molar-refractivity contribution < 1.29 is 4.52 Å². The Balaban J connectivity index is 1.83. The lowest BCUT2D eigenvalue weighted by molar-refractivity contribution is 0.374. The molecule has 4 rings (SSSR count). The quantitative estimate of drug-likeness (QED) is 0.310. The predicted octanol–water partition coefficient (Wildman–Crippen LogP) is 5.23. The molecule has 2 aromatic heterocycles. The normalized spacial score (nSPS) is 12.4. The van der Waals surface area contributed by atoms with Gasteiger partial charge in [0.2, 0.25) is 5.89 Å². The van der Waals surface area contributed by atoms with Crippen molar-refractivity contribution in [3.63, 3.8) is 0 Å². The van der Waals surface area contributed by atoms with Crippen molar-refractivity contribution >= 4 is 34.3 Å². The molecule has 0 saturated carbocycles. The Morgan fingerprint density at radius 3 is 2.69 bits per heavy atom. The van der Waals surface area contributed by atoms with E-state index in [4.69, 9.17) is 21.1 Å². The van der Waals surface area contributed by atoms with E-state index in [1.165, 1.54) is 11.8 Å². The number of thioether (sulfide) groups is 1. The maximum atomic E-state index is 13.3. The summed E-state index contributed by atoms with van der Waals surface area (Å²) in [5, 5.41) is 5.36. The standard InChI is InChI=1S/C21H19ClN4O2S/c1-3-8-18-24-19(28-25-18)13(2)29-21-23-16-11-6-4-9-14(16)20(27)26(21)17-12-7-5-10-15(17)22/h4-7,9-13H,3,8H2,1-2H3/t13-/m0/s1. The molecule has 2 aromatic carbocycles. The zero-order valence-electron chi connectivity index (χ0n) is 16.0. The molecule has 0 radical (unpaired) electrons. The molecular formula is C21H19ClN4O2S. The SMILES string of the molecule is CCCc1noc([C@H](C)Sc2nc3ccccc3c(=O)n2-c2ccccc2Cl)n1. The predicted molar refractivity (Wildman–Crippen MR) is 115 cm³/mol. The Morgan fingerprint density at radius 1 is 1.14 bits per heavy atom. The third-order valence-electron chi connectivity index (χ3n) is 4.43. The van der Waals surface area contributed by atoms with Crippen LogP contribution in [0, 0.1) is 0 Å². The molecule has 8 heteroatoms. The van der Waals surface area contributed by atoms with Crippen molar-refractivity contribution in [2.24, 2.45) is 0 Å². The number of aryl methyl sites for hydroxylation is 1. The number of rotatable bonds is 6. The third-order valence-corrected chi connectivity index (χ3v) is 5.79. The Labute approximate surface area is 176 Å². The fourth-order valence-corrected chi connectivity index (χ4v) is 4.17. The summed E-state index contributed by atoms with van der Waals surface area (Å²) in [4.78, 5) is 22.5. The summed E-state index contributed by atoms with van der Waals surface area (Å²) in [6, 6.07) is 14.5. The molecule has 0 aliphatic heterocycles. The van der Waals surface area contributed by atoms with E-state index < -0.39 is 0 Å². The molecule has 6 nitrogen and oxygen atoms in total. The minimum Gasteiger partial charge on any atom is -0.338 e. The molecule has 0 unspecified atom stereocenters. The van der Waals surface area contributed by atoms with Crippen molar-refractivity contribution in [1.82, 2.24) is 19.7 Å². The Morgan fingerprint density at radius 2 is 1.90 bits per heavy atom. The van der Waals surface area contributed by atoms with Gasteiger partial charge >= 0.3 is 0 Å². The van der Waals surface area contributed by atoms with Crippen LogP contribution in [-0.4, -0.2) is 19.7 Å². The largest absolute Gasteiger partial charge is 0.338 e. The van der Waals surface area contributed by atoms with Crippen LogP contribution in [-0.2, 0) is 6.42 Å². The number of benzene rings is 2. The van der Waals surface area contributed by atoms with E-state index in [9.17, 15) is 4.79 Å². The molecule has 4 aromatic rings. The zero-order chi connectivity index (χ0) is 20.4. The van der Waals surface area contributed by atoms with Crippen LogP contribution < -0.4 is 5.56 Å². The van der Waals surface area contributed by atoms with Crippen LogP contribution in [0.15, 0.2) is 63.0 Å². The van der Waals surface area contributed by atoms with Gasteiger partial charge in [-0.15, -0.1) is 0 Å². The lowest BCUT2D eigenvalue weighted by atomic mass is 10.2. The van der Waals surface area contributed by atoms with Crippen molar-refractivity contribution in [1.29, 1.82) is 0 Å². The highest BCUT2D eigenvalue weighted by atomic mass is 35.5. The average Bonchev–Trinajstić information content (AvgIpc) is 3.18. The van der Waals surface area contributed by atoms with Crippen LogP contribution in [0.2, 0.25) is 5.02 Å². The molecule has 0 aliphatic carbocycles. The number of hydrogen-bond donors (Lipinski definition) is 0. The second-order valence-electron chi connectivity index (χ2n) is 6.56. The van der Waals surface area contributed by atoms with Crippen LogP contribution in [0.4, 0.5) is 0 Å². The first kappa shape index (κ1) is 19.7. The smallest absolute Gasteiger partial charge is 0.266 e. The Bertz CT molecular complexity index is 1220. The first-order chi connectivity index (χ1) is 14.1. The van der Waals surface area contributed by atoms with Gasteiger partial charge in [0.25, 0.3) is 5.56 Å². The van der Waals surface area contributed by atoms with Crippen LogP contribution >= 0.6 is 23.4 Å². The van der Waals surface area contributed by atoms with Gasteiger partial charge in [0.1, 0.15) is 0 Å². The highest BCUT2D eigenvalue weighted by Crippen LogP contribution is 2.35. The molecule has 148 valence electrons. The van der Waals surface area contributed by atoms with E-state index >= 15 is 0 Å². The Hall–Kier alpha value is -2.64. The molecule has 29 heavy (non-hydrogen) atoms. The van der Waals surface area contributed by atoms with E-state index in [2.05, 4.69) is 17.1 Å². The van der Waals surface area contributed by atoms with Gasteiger partial charge in [-0.25, -0.2) is 4.98 Å². The molecule has 0 bridgehead atoms. The van der Waals surface area contributed by atoms with Crippen LogP contribution in [0.1, 0.15) is 37.2 Å². The van der Waals surface area contributed by atoms with Gasteiger partial charge in [-0.3, -0.25) is 9.36 Å². The molecule has 0 fully saturated rings. The Kier molecular flexibility index (Phi) is 5.69. The fourth-order valence-electron chi connectivity index (χ4n) is 3.00. The number of aromatic nitrogens is 4. The summed E-state index contributed by atoms with van der Waals surface area (Å²) in [7, 11) is 0. The topological polar surface area (TPSA) is 73.8 Å². The van der Waals surface area contributed by atoms with Gasteiger partial charge in [0, 0.05) is 6.42 Å². The fraction of sp³-hybridized carbons (Fsp3) is 0.238. The number of para-hydroxylation sites is 2. The summed E-state index contributed by atoms with van der Waals surface area (Å²) >= 11 is 7.79. The molecule has 0 saturated heterocycles. The number of hydrogen-bond acceptors (Lipinski definition) is 6. The molecule has 2 heterocycles. The monoisotopic (exact) mass is 426 g/mol. The minimum atomic E-state index is -0.185.